The summed E-state index contributed by atoms with van der Waals surface area (Å²) >= 11 is 0. The zero-order valence-corrected chi connectivity index (χ0v) is 8.05. The molecule has 0 bridgehead atoms. The topological polar surface area (TPSA) is 48.4 Å². The number of aryl methyl sites for hydroxylation is 3. The van der Waals surface area contributed by atoms with Gasteiger partial charge in [-0.05, 0) is 6.92 Å². The Balaban J connectivity index is 2.46. The van der Waals surface area contributed by atoms with E-state index in [9.17, 15) is 0 Å². The summed E-state index contributed by atoms with van der Waals surface area (Å²) in [4.78, 5) is 10.7. The Morgan fingerprint density at radius 3 is 2.54 bits per heavy atom. The molecule has 0 aliphatic carbocycles. The number of nitrogens with zero attached hydrogens (tertiary/aromatic N) is 2. The van der Waals surface area contributed by atoms with Crippen molar-refractivity contribution < 1.29 is 4.57 Å². The highest BCUT2D eigenvalue weighted by Crippen LogP contribution is 2.10. The molecule has 0 aliphatic rings. The van der Waals surface area contributed by atoms with Gasteiger partial charge in [0.25, 0.3) is 5.82 Å². The molecule has 13 heavy (non-hydrogen) atoms. The van der Waals surface area contributed by atoms with Gasteiger partial charge in [-0.25, -0.2) is 14.5 Å². The molecular formula is C9H13N4+. The van der Waals surface area contributed by atoms with Crippen LogP contribution in [-0.2, 0) is 7.05 Å². The molecule has 2 rings (SSSR count). The standard InChI is InChI=1S/C9H12N4/c1-6-4-10-9(11-6)8-5-13(3)7(2)12-8/h4-5H,1-3H3,(H,10,11)/p+1. The van der Waals surface area contributed by atoms with E-state index in [0.29, 0.717) is 0 Å². The van der Waals surface area contributed by atoms with Crippen molar-refractivity contribution in [1.29, 1.82) is 0 Å². The number of imidazole rings is 2. The number of hydrogen-bond donors (Lipinski definition) is 2. The number of aromatic nitrogens is 4. The van der Waals surface area contributed by atoms with E-state index in [0.717, 1.165) is 23.0 Å². The first-order valence-electron chi connectivity index (χ1n) is 4.24. The second kappa shape index (κ2) is 2.73. The van der Waals surface area contributed by atoms with Crippen molar-refractivity contribution in [3.8, 4) is 11.5 Å². The molecular weight excluding hydrogens is 164 g/mol. The average Bonchev–Trinajstić information content (AvgIpc) is 2.61. The molecule has 0 atom stereocenters. The summed E-state index contributed by atoms with van der Waals surface area (Å²) in [6.07, 6.45) is 3.85. The predicted octanol–water partition coefficient (Wildman–Crippen LogP) is 0.846. The second-order valence-corrected chi connectivity index (χ2v) is 3.28. The predicted molar refractivity (Wildman–Crippen MR) is 49.0 cm³/mol. The smallest absolute Gasteiger partial charge is 0.251 e. The zero-order chi connectivity index (χ0) is 9.42. The van der Waals surface area contributed by atoms with Crippen molar-refractivity contribution in [1.82, 2.24) is 15.0 Å². The molecule has 2 aromatic heterocycles. The molecule has 0 fully saturated rings. The van der Waals surface area contributed by atoms with Gasteiger partial charge in [-0.2, -0.15) is 0 Å². The Morgan fingerprint density at radius 1 is 1.31 bits per heavy atom. The van der Waals surface area contributed by atoms with Crippen LogP contribution in [0.1, 0.15) is 11.5 Å². The Bertz CT molecular complexity index is 405. The third-order valence-electron chi connectivity index (χ3n) is 2.13. The maximum atomic E-state index is 4.24. The van der Waals surface area contributed by atoms with E-state index >= 15 is 0 Å². The van der Waals surface area contributed by atoms with Gasteiger partial charge in [0.1, 0.15) is 6.20 Å². The number of nitrogens with one attached hydrogen (secondary N) is 2. The fourth-order valence-corrected chi connectivity index (χ4v) is 1.28. The van der Waals surface area contributed by atoms with Crippen LogP contribution in [0.5, 0.6) is 0 Å². The highest BCUT2D eigenvalue weighted by Gasteiger charge is 2.12. The lowest BCUT2D eigenvalue weighted by Crippen LogP contribution is -2.27. The maximum Gasteiger partial charge on any atom is 0.251 e. The summed E-state index contributed by atoms with van der Waals surface area (Å²) in [5.41, 5.74) is 2.10. The van der Waals surface area contributed by atoms with Gasteiger partial charge in [0.15, 0.2) is 5.82 Å². The van der Waals surface area contributed by atoms with Gasteiger partial charge in [-0.15, -0.1) is 0 Å². The largest absolute Gasteiger partial charge is 0.339 e. The number of hydrogen-bond acceptors (Lipinski definition) is 1. The summed E-state index contributed by atoms with van der Waals surface area (Å²) in [6, 6.07) is 0. The molecule has 0 unspecified atom stereocenters. The first-order valence-corrected chi connectivity index (χ1v) is 4.24. The highest BCUT2D eigenvalue weighted by molar-refractivity contribution is 5.46. The van der Waals surface area contributed by atoms with Crippen LogP contribution in [0.15, 0.2) is 12.4 Å². The molecule has 0 saturated carbocycles. The van der Waals surface area contributed by atoms with Crippen molar-refractivity contribution in [2.45, 2.75) is 13.8 Å². The Hall–Kier alpha value is -1.58. The van der Waals surface area contributed by atoms with Gasteiger partial charge in [0.2, 0.25) is 5.69 Å². The van der Waals surface area contributed by atoms with Gasteiger partial charge in [-0.1, -0.05) is 0 Å². The summed E-state index contributed by atoms with van der Waals surface area (Å²) in [5.74, 6) is 2.00. The lowest BCUT2D eigenvalue weighted by atomic mass is 10.4. The maximum absolute atomic E-state index is 4.24. The fourth-order valence-electron chi connectivity index (χ4n) is 1.28. The van der Waals surface area contributed by atoms with Crippen LogP contribution in [0.2, 0.25) is 0 Å². The van der Waals surface area contributed by atoms with Crippen molar-refractivity contribution in [3.63, 3.8) is 0 Å². The molecule has 0 aromatic carbocycles. The van der Waals surface area contributed by atoms with E-state index < -0.39 is 0 Å². The first kappa shape index (κ1) is 8.04. The van der Waals surface area contributed by atoms with Gasteiger partial charge in [-0.3, -0.25) is 0 Å². The molecule has 4 heteroatoms. The lowest BCUT2D eigenvalue weighted by molar-refractivity contribution is -0.676. The molecule has 2 N–H and O–H groups in total. The molecule has 2 aromatic rings. The van der Waals surface area contributed by atoms with Crippen LogP contribution in [-0.4, -0.2) is 15.0 Å². The van der Waals surface area contributed by atoms with Crippen LogP contribution < -0.4 is 4.57 Å². The van der Waals surface area contributed by atoms with Crippen LogP contribution >= 0.6 is 0 Å². The van der Waals surface area contributed by atoms with Crippen LogP contribution in [0.25, 0.3) is 11.5 Å². The molecule has 0 saturated heterocycles. The Kier molecular flexibility index (Phi) is 1.69. The van der Waals surface area contributed by atoms with Crippen molar-refractivity contribution in [3.05, 3.63) is 23.9 Å². The number of rotatable bonds is 1. The Morgan fingerprint density at radius 2 is 2.08 bits per heavy atom. The SMILES string of the molecule is Cc1cnc(-c2c[n+](C)c(C)[nH]2)[nH]1. The van der Waals surface area contributed by atoms with Gasteiger partial charge in [0.05, 0.1) is 7.05 Å². The minimum Gasteiger partial charge on any atom is -0.339 e. The molecule has 0 aliphatic heterocycles. The van der Waals surface area contributed by atoms with E-state index in [4.69, 9.17) is 0 Å². The monoisotopic (exact) mass is 177 g/mol. The lowest BCUT2D eigenvalue weighted by Gasteiger charge is -1.82. The second-order valence-electron chi connectivity index (χ2n) is 3.28. The molecule has 0 amide bonds. The normalized spacial score (nSPS) is 10.7. The van der Waals surface area contributed by atoms with Gasteiger partial charge in [0, 0.05) is 18.8 Å². The van der Waals surface area contributed by atoms with Crippen LogP contribution in [0, 0.1) is 13.8 Å². The summed E-state index contributed by atoms with van der Waals surface area (Å²) < 4.78 is 2.03. The minimum atomic E-state index is 0.890. The van der Waals surface area contributed by atoms with E-state index in [2.05, 4.69) is 15.0 Å². The summed E-state index contributed by atoms with van der Waals surface area (Å²) in [6.45, 7) is 4.02. The molecule has 0 radical (unpaired) electrons. The van der Waals surface area contributed by atoms with Crippen LogP contribution in [0.4, 0.5) is 0 Å². The van der Waals surface area contributed by atoms with Crippen molar-refractivity contribution >= 4 is 0 Å². The minimum absolute atomic E-state index is 0.890. The van der Waals surface area contributed by atoms with E-state index in [-0.39, 0.29) is 0 Å². The fraction of sp³-hybridized carbons (Fsp3) is 0.333. The van der Waals surface area contributed by atoms with Gasteiger partial charge < -0.3 is 4.98 Å². The van der Waals surface area contributed by atoms with E-state index in [1.54, 1.807) is 0 Å². The highest BCUT2D eigenvalue weighted by atomic mass is 15.1. The summed E-state index contributed by atoms with van der Waals surface area (Å²) in [7, 11) is 2.01. The molecule has 68 valence electrons. The number of H-pyrrole nitrogens is 2. The van der Waals surface area contributed by atoms with Crippen molar-refractivity contribution in [2.24, 2.45) is 7.05 Å². The quantitative estimate of drug-likeness (QED) is 0.623. The van der Waals surface area contributed by atoms with E-state index in [1.165, 1.54) is 0 Å². The Labute approximate surface area is 76.7 Å². The number of aromatic amines is 2. The average molecular weight is 177 g/mol. The third-order valence-corrected chi connectivity index (χ3v) is 2.13. The molecule has 2 heterocycles. The molecule has 4 nitrogen and oxygen atoms in total. The zero-order valence-electron chi connectivity index (χ0n) is 8.05. The third kappa shape index (κ3) is 1.35. The molecule has 0 spiro atoms. The van der Waals surface area contributed by atoms with Crippen LogP contribution in [0.3, 0.4) is 0 Å². The van der Waals surface area contributed by atoms with Crippen molar-refractivity contribution in [2.75, 3.05) is 0 Å². The first-order chi connectivity index (χ1) is 6.16. The van der Waals surface area contributed by atoms with Gasteiger partial charge >= 0.3 is 0 Å². The van der Waals surface area contributed by atoms with E-state index in [1.807, 2.05) is 37.9 Å². The summed E-state index contributed by atoms with van der Waals surface area (Å²) in [5, 5.41) is 0.